The lowest BCUT2D eigenvalue weighted by molar-refractivity contribution is 0.226. The van der Waals surface area contributed by atoms with Crippen molar-refractivity contribution < 1.29 is 4.39 Å². The molecule has 1 unspecified atom stereocenters. The maximum absolute atomic E-state index is 13.4. The Morgan fingerprint density at radius 2 is 1.91 bits per heavy atom. The molecule has 0 saturated carbocycles. The zero-order valence-corrected chi connectivity index (χ0v) is 7.11. The summed E-state index contributed by atoms with van der Waals surface area (Å²) < 4.78 is 13.4. The Labute approximate surface area is 71.0 Å². The molecule has 11 heavy (non-hydrogen) atoms. The summed E-state index contributed by atoms with van der Waals surface area (Å²) in [5.74, 6) is -0.00296. The van der Waals surface area contributed by atoms with E-state index in [4.69, 9.17) is 11.6 Å². The van der Waals surface area contributed by atoms with Gasteiger partial charge in [0.1, 0.15) is 5.67 Å². The third-order valence-electron chi connectivity index (χ3n) is 1.63. The third kappa shape index (κ3) is 1.93. The molecule has 0 fully saturated rings. The molecule has 0 saturated heterocycles. The van der Waals surface area contributed by atoms with E-state index >= 15 is 0 Å². The Kier molecular flexibility index (Phi) is 2.50. The highest BCUT2D eigenvalue weighted by atomic mass is 35.5. The minimum Gasteiger partial charge on any atom is -0.238 e. The van der Waals surface area contributed by atoms with E-state index in [1.165, 1.54) is 6.92 Å². The Hall–Kier alpha value is -0.560. The molecule has 0 N–H and O–H groups in total. The fraction of sp³-hybridized carbons (Fsp3) is 0.333. The van der Waals surface area contributed by atoms with Gasteiger partial charge in [0.15, 0.2) is 0 Å². The molecule has 1 rings (SSSR count). The van der Waals surface area contributed by atoms with Gasteiger partial charge in [-0.15, -0.1) is 11.6 Å². The second-order valence-corrected chi connectivity index (χ2v) is 2.96. The fourth-order valence-corrected chi connectivity index (χ4v) is 1.02. The van der Waals surface area contributed by atoms with E-state index in [1.54, 1.807) is 24.3 Å². The van der Waals surface area contributed by atoms with Gasteiger partial charge < -0.3 is 0 Å². The van der Waals surface area contributed by atoms with Crippen LogP contribution in [0.1, 0.15) is 12.5 Å². The van der Waals surface area contributed by atoms with Gasteiger partial charge in [-0.25, -0.2) is 4.39 Å². The summed E-state index contributed by atoms with van der Waals surface area (Å²) in [5.41, 5.74) is -0.766. The van der Waals surface area contributed by atoms with Gasteiger partial charge in [-0.1, -0.05) is 30.3 Å². The molecule has 0 aromatic heterocycles. The Bertz CT molecular complexity index is 218. The molecule has 0 amide bonds. The van der Waals surface area contributed by atoms with E-state index in [2.05, 4.69) is 0 Å². The second-order valence-electron chi connectivity index (χ2n) is 2.70. The smallest absolute Gasteiger partial charge is 0.146 e. The summed E-state index contributed by atoms with van der Waals surface area (Å²) in [6, 6.07) is 8.94. The maximum Gasteiger partial charge on any atom is 0.146 e. The highest BCUT2D eigenvalue weighted by Gasteiger charge is 2.23. The molecule has 0 heterocycles. The predicted molar refractivity (Wildman–Crippen MR) is 45.6 cm³/mol. The van der Waals surface area contributed by atoms with Gasteiger partial charge in [0, 0.05) is 0 Å². The van der Waals surface area contributed by atoms with E-state index in [0.717, 1.165) is 0 Å². The van der Waals surface area contributed by atoms with Crippen molar-refractivity contribution in [1.29, 1.82) is 0 Å². The van der Waals surface area contributed by atoms with Gasteiger partial charge in [0.2, 0.25) is 0 Å². The molecule has 1 atom stereocenters. The molecular formula is C9H10ClF. The highest BCUT2D eigenvalue weighted by Crippen LogP contribution is 2.25. The maximum atomic E-state index is 13.4. The van der Waals surface area contributed by atoms with E-state index in [-0.39, 0.29) is 5.88 Å². The topological polar surface area (TPSA) is 0 Å². The van der Waals surface area contributed by atoms with E-state index in [1.807, 2.05) is 6.07 Å². The van der Waals surface area contributed by atoms with Gasteiger partial charge in [-0.05, 0) is 12.5 Å². The van der Waals surface area contributed by atoms with Crippen molar-refractivity contribution in [1.82, 2.24) is 0 Å². The van der Waals surface area contributed by atoms with Gasteiger partial charge in [-0.3, -0.25) is 0 Å². The first-order chi connectivity index (χ1) is 5.17. The van der Waals surface area contributed by atoms with E-state index in [9.17, 15) is 4.39 Å². The molecular weight excluding hydrogens is 163 g/mol. The molecule has 0 nitrogen and oxygen atoms in total. The summed E-state index contributed by atoms with van der Waals surface area (Å²) in [7, 11) is 0. The van der Waals surface area contributed by atoms with Crippen LogP contribution in [0.25, 0.3) is 0 Å². The van der Waals surface area contributed by atoms with E-state index < -0.39 is 5.67 Å². The molecule has 1 aromatic carbocycles. The summed E-state index contributed by atoms with van der Waals surface area (Å²) in [5, 5.41) is 0. The van der Waals surface area contributed by atoms with Gasteiger partial charge in [0.05, 0.1) is 5.88 Å². The standard InChI is InChI=1S/C9H10ClF/c1-9(11,7-10)8-5-3-2-4-6-8/h2-6H,7H2,1H3. The fourth-order valence-electron chi connectivity index (χ4n) is 0.863. The molecule has 0 spiro atoms. The van der Waals surface area contributed by atoms with E-state index in [0.29, 0.717) is 5.56 Å². The van der Waals surface area contributed by atoms with Crippen molar-refractivity contribution >= 4 is 11.6 Å². The van der Waals surface area contributed by atoms with Crippen LogP contribution in [0.2, 0.25) is 0 Å². The van der Waals surface area contributed by atoms with Crippen LogP contribution < -0.4 is 0 Å². The Balaban J connectivity index is 2.93. The van der Waals surface area contributed by atoms with Crippen molar-refractivity contribution in [3.05, 3.63) is 35.9 Å². The SMILES string of the molecule is CC(F)(CCl)c1ccccc1. The molecule has 2 heteroatoms. The molecule has 0 bridgehead atoms. The minimum absolute atomic E-state index is 0.00296. The third-order valence-corrected chi connectivity index (χ3v) is 2.13. The number of hydrogen-bond acceptors (Lipinski definition) is 0. The largest absolute Gasteiger partial charge is 0.238 e. The zero-order valence-electron chi connectivity index (χ0n) is 6.35. The van der Waals surface area contributed by atoms with Crippen molar-refractivity contribution in [2.45, 2.75) is 12.6 Å². The van der Waals surface area contributed by atoms with Gasteiger partial charge >= 0.3 is 0 Å². The molecule has 0 aliphatic carbocycles. The lowest BCUT2D eigenvalue weighted by Crippen LogP contribution is -2.16. The highest BCUT2D eigenvalue weighted by molar-refractivity contribution is 6.18. The second kappa shape index (κ2) is 3.22. The summed E-state index contributed by atoms with van der Waals surface area (Å²) >= 11 is 5.45. The number of benzene rings is 1. The van der Waals surface area contributed by atoms with Crippen LogP contribution in [0.15, 0.2) is 30.3 Å². The number of rotatable bonds is 2. The van der Waals surface area contributed by atoms with Crippen molar-refractivity contribution in [2.24, 2.45) is 0 Å². The first-order valence-corrected chi connectivity index (χ1v) is 4.01. The lowest BCUT2D eigenvalue weighted by atomic mass is 10.0. The first-order valence-electron chi connectivity index (χ1n) is 3.47. The van der Waals surface area contributed by atoms with Crippen LogP contribution in [0.3, 0.4) is 0 Å². The lowest BCUT2D eigenvalue weighted by Gasteiger charge is -2.16. The van der Waals surface area contributed by atoms with Gasteiger partial charge in [0.25, 0.3) is 0 Å². The summed E-state index contributed by atoms with van der Waals surface area (Å²) in [4.78, 5) is 0. The molecule has 0 aliphatic heterocycles. The van der Waals surface area contributed by atoms with Crippen molar-refractivity contribution in [2.75, 3.05) is 5.88 Å². The molecule has 60 valence electrons. The summed E-state index contributed by atoms with van der Waals surface area (Å²) in [6.45, 7) is 1.48. The zero-order chi connectivity index (χ0) is 8.32. The van der Waals surface area contributed by atoms with Crippen molar-refractivity contribution in [3.63, 3.8) is 0 Å². The molecule has 0 aliphatic rings. The van der Waals surface area contributed by atoms with Crippen LogP contribution >= 0.6 is 11.6 Å². The summed E-state index contributed by atoms with van der Waals surface area (Å²) in [6.07, 6.45) is 0. The molecule has 0 radical (unpaired) electrons. The average molecular weight is 173 g/mol. The minimum atomic E-state index is -1.40. The quantitative estimate of drug-likeness (QED) is 0.602. The van der Waals surface area contributed by atoms with Gasteiger partial charge in [-0.2, -0.15) is 0 Å². The van der Waals surface area contributed by atoms with Crippen LogP contribution in [0.4, 0.5) is 4.39 Å². The number of hydrogen-bond donors (Lipinski definition) is 0. The Morgan fingerprint density at radius 1 is 1.36 bits per heavy atom. The van der Waals surface area contributed by atoms with Crippen LogP contribution in [-0.4, -0.2) is 5.88 Å². The molecule has 1 aromatic rings. The van der Waals surface area contributed by atoms with Crippen LogP contribution in [0, 0.1) is 0 Å². The van der Waals surface area contributed by atoms with Crippen molar-refractivity contribution in [3.8, 4) is 0 Å². The Morgan fingerprint density at radius 3 is 2.36 bits per heavy atom. The monoisotopic (exact) mass is 172 g/mol. The average Bonchev–Trinajstić information content (AvgIpc) is 2.06. The van der Waals surface area contributed by atoms with Crippen LogP contribution in [0.5, 0.6) is 0 Å². The first kappa shape index (κ1) is 8.54. The predicted octanol–water partition coefficient (Wildman–Crippen LogP) is 3.11. The number of halogens is 2. The van der Waals surface area contributed by atoms with Crippen LogP contribution in [-0.2, 0) is 5.67 Å². The number of alkyl halides is 2. The normalized spacial score (nSPS) is 15.9.